The van der Waals surface area contributed by atoms with Crippen LogP contribution in [-0.2, 0) is 6.42 Å². The molecule has 0 bridgehead atoms. The van der Waals surface area contributed by atoms with E-state index in [-0.39, 0.29) is 12.7 Å². The van der Waals surface area contributed by atoms with Gasteiger partial charge in [0.2, 0.25) is 18.6 Å². The van der Waals surface area contributed by atoms with Crippen LogP contribution >= 0.6 is 11.6 Å². The Bertz CT molecular complexity index is 957. The molecule has 2 heterocycles. The topological polar surface area (TPSA) is 86.5 Å². The van der Waals surface area contributed by atoms with Crippen molar-refractivity contribution in [3.63, 3.8) is 0 Å². The molecule has 0 radical (unpaired) electrons. The van der Waals surface area contributed by atoms with E-state index in [9.17, 15) is 4.79 Å². The van der Waals surface area contributed by atoms with Crippen molar-refractivity contribution in [2.45, 2.75) is 6.42 Å². The molecule has 2 aromatic carbocycles. The summed E-state index contributed by atoms with van der Waals surface area (Å²) in [6.45, 7) is 0.531. The summed E-state index contributed by atoms with van der Waals surface area (Å²) in [7, 11) is 0. The lowest BCUT2D eigenvalue weighted by Crippen LogP contribution is -2.25. The Morgan fingerprint density at radius 2 is 1.96 bits per heavy atom. The summed E-state index contributed by atoms with van der Waals surface area (Å²) in [5.74, 6) is 1.77. The van der Waals surface area contributed by atoms with Crippen molar-refractivity contribution in [2.24, 2.45) is 0 Å². The number of amides is 1. The fraction of sp³-hybridized carbons (Fsp3) is 0.167. The first-order chi connectivity index (χ1) is 12.7. The second kappa shape index (κ2) is 7.05. The van der Waals surface area contributed by atoms with Crippen LogP contribution in [0.1, 0.15) is 16.2 Å². The molecule has 1 N–H and O–H groups in total. The van der Waals surface area contributed by atoms with Crippen molar-refractivity contribution >= 4 is 17.5 Å². The van der Waals surface area contributed by atoms with Gasteiger partial charge in [0.25, 0.3) is 5.91 Å². The minimum Gasteiger partial charge on any atom is -0.454 e. The predicted octanol–water partition coefficient (Wildman–Crippen LogP) is 3.09. The maximum atomic E-state index is 12.2. The van der Waals surface area contributed by atoms with Gasteiger partial charge in [-0.2, -0.15) is 0 Å². The Balaban J connectivity index is 1.35. The molecule has 8 heteroatoms. The molecule has 0 spiro atoms. The maximum absolute atomic E-state index is 12.2. The van der Waals surface area contributed by atoms with Crippen LogP contribution in [0.15, 0.2) is 46.9 Å². The average molecular weight is 372 g/mol. The van der Waals surface area contributed by atoms with Gasteiger partial charge in [-0.15, -0.1) is 10.2 Å². The number of carbonyl (C=O) groups is 1. The standard InChI is InChI=1S/C18H14ClN3O4/c19-13-4-2-1-3-12(13)18-22-21-16(26-18)7-8-20-17(23)11-5-6-14-15(9-11)25-10-24-14/h1-6,9H,7-8,10H2,(H,20,23). The minimum absolute atomic E-state index is 0.172. The van der Waals surface area contributed by atoms with Crippen molar-refractivity contribution in [1.82, 2.24) is 15.5 Å². The van der Waals surface area contributed by atoms with Crippen molar-refractivity contribution < 1.29 is 18.7 Å². The summed E-state index contributed by atoms with van der Waals surface area (Å²) in [4.78, 5) is 12.2. The summed E-state index contributed by atoms with van der Waals surface area (Å²) in [5.41, 5.74) is 1.17. The number of fused-ring (bicyclic) bond motifs is 1. The van der Waals surface area contributed by atoms with Crippen LogP contribution in [0.4, 0.5) is 0 Å². The molecule has 4 rings (SSSR count). The highest BCUT2D eigenvalue weighted by atomic mass is 35.5. The van der Waals surface area contributed by atoms with E-state index < -0.39 is 0 Å². The van der Waals surface area contributed by atoms with Crippen molar-refractivity contribution in [1.29, 1.82) is 0 Å². The number of aromatic nitrogens is 2. The number of carbonyl (C=O) groups excluding carboxylic acids is 1. The van der Waals surface area contributed by atoms with Gasteiger partial charge in [-0.3, -0.25) is 4.79 Å². The second-order valence-corrected chi connectivity index (χ2v) is 5.96. The van der Waals surface area contributed by atoms with Crippen LogP contribution < -0.4 is 14.8 Å². The first kappa shape index (κ1) is 16.4. The molecule has 0 aliphatic carbocycles. The van der Waals surface area contributed by atoms with Crippen LogP contribution in [0.2, 0.25) is 5.02 Å². The Kier molecular flexibility index (Phi) is 4.45. The summed E-state index contributed by atoms with van der Waals surface area (Å²) < 4.78 is 16.1. The van der Waals surface area contributed by atoms with E-state index in [2.05, 4.69) is 15.5 Å². The van der Waals surface area contributed by atoms with E-state index in [0.717, 1.165) is 0 Å². The van der Waals surface area contributed by atoms with Gasteiger partial charge in [0, 0.05) is 18.5 Å². The van der Waals surface area contributed by atoms with Crippen LogP contribution in [0.5, 0.6) is 11.5 Å². The lowest BCUT2D eigenvalue weighted by Gasteiger charge is -2.04. The minimum atomic E-state index is -0.214. The van der Waals surface area contributed by atoms with Crippen LogP contribution in [0, 0.1) is 0 Å². The molecular weight excluding hydrogens is 358 g/mol. The first-order valence-electron chi connectivity index (χ1n) is 7.96. The highest BCUT2D eigenvalue weighted by Gasteiger charge is 2.16. The van der Waals surface area contributed by atoms with E-state index in [1.165, 1.54) is 0 Å². The molecule has 1 aliphatic rings. The van der Waals surface area contributed by atoms with E-state index in [4.69, 9.17) is 25.5 Å². The number of halogens is 1. The molecule has 1 aliphatic heterocycles. The van der Waals surface area contributed by atoms with E-state index in [1.54, 1.807) is 30.3 Å². The smallest absolute Gasteiger partial charge is 0.251 e. The molecule has 0 unspecified atom stereocenters. The highest BCUT2D eigenvalue weighted by Crippen LogP contribution is 2.32. The Labute approximate surface area is 153 Å². The van der Waals surface area contributed by atoms with Gasteiger partial charge in [0.05, 0.1) is 10.6 Å². The monoisotopic (exact) mass is 371 g/mol. The molecule has 1 amide bonds. The van der Waals surface area contributed by atoms with E-state index in [1.807, 2.05) is 12.1 Å². The van der Waals surface area contributed by atoms with Crippen molar-refractivity contribution in [3.05, 3.63) is 58.9 Å². The third-order valence-corrected chi connectivity index (χ3v) is 4.16. The largest absolute Gasteiger partial charge is 0.454 e. The maximum Gasteiger partial charge on any atom is 0.251 e. The lowest BCUT2D eigenvalue weighted by atomic mass is 10.2. The van der Waals surface area contributed by atoms with Gasteiger partial charge in [0.1, 0.15) is 0 Å². The van der Waals surface area contributed by atoms with Gasteiger partial charge < -0.3 is 19.2 Å². The summed E-state index contributed by atoms with van der Waals surface area (Å²) >= 11 is 6.12. The second-order valence-electron chi connectivity index (χ2n) is 5.55. The number of benzene rings is 2. The fourth-order valence-corrected chi connectivity index (χ4v) is 2.74. The molecule has 1 aromatic heterocycles. The van der Waals surface area contributed by atoms with E-state index >= 15 is 0 Å². The molecule has 3 aromatic rings. The third-order valence-electron chi connectivity index (χ3n) is 3.83. The normalized spacial score (nSPS) is 12.2. The molecule has 132 valence electrons. The van der Waals surface area contributed by atoms with E-state index in [0.29, 0.717) is 52.4 Å². The summed E-state index contributed by atoms with van der Waals surface area (Å²) in [6, 6.07) is 12.3. The van der Waals surface area contributed by atoms with Crippen molar-refractivity contribution in [3.8, 4) is 23.0 Å². The molecule has 0 saturated heterocycles. The molecule has 26 heavy (non-hydrogen) atoms. The van der Waals surface area contributed by atoms with Gasteiger partial charge in [-0.1, -0.05) is 23.7 Å². The Morgan fingerprint density at radius 3 is 2.85 bits per heavy atom. The van der Waals surface area contributed by atoms with Crippen LogP contribution in [0.3, 0.4) is 0 Å². The SMILES string of the molecule is O=C(NCCc1nnc(-c2ccccc2Cl)o1)c1ccc2c(c1)OCO2. The number of ether oxygens (including phenoxy) is 2. The zero-order chi connectivity index (χ0) is 17.9. The van der Waals surface area contributed by atoms with Gasteiger partial charge in [-0.25, -0.2) is 0 Å². The van der Waals surface area contributed by atoms with Crippen molar-refractivity contribution in [2.75, 3.05) is 13.3 Å². The molecule has 7 nitrogen and oxygen atoms in total. The number of nitrogens with one attached hydrogen (secondary N) is 1. The van der Waals surface area contributed by atoms with Crippen LogP contribution in [-0.4, -0.2) is 29.4 Å². The zero-order valence-electron chi connectivity index (χ0n) is 13.6. The number of nitrogens with zero attached hydrogens (tertiary/aromatic N) is 2. The number of hydrogen-bond donors (Lipinski definition) is 1. The lowest BCUT2D eigenvalue weighted by molar-refractivity contribution is 0.0953. The van der Waals surface area contributed by atoms with Gasteiger partial charge in [0.15, 0.2) is 11.5 Å². The average Bonchev–Trinajstić information content (AvgIpc) is 3.30. The molecular formula is C18H14ClN3O4. The predicted molar refractivity (Wildman–Crippen MR) is 93.3 cm³/mol. The fourth-order valence-electron chi connectivity index (χ4n) is 2.52. The third kappa shape index (κ3) is 3.34. The van der Waals surface area contributed by atoms with Gasteiger partial charge in [-0.05, 0) is 30.3 Å². The summed E-state index contributed by atoms with van der Waals surface area (Å²) in [5, 5.41) is 11.3. The number of hydrogen-bond acceptors (Lipinski definition) is 6. The van der Waals surface area contributed by atoms with Gasteiger partial charge >= 0.3 is 0 Å². The molecule has 0 fully saturated rings. The highest BCUT2D eigenvalue weighted by molar-refractivity contribution is 6.33. The molecule has 0 atom stereocenters. The Hall–Kier alpha value is -3.06. The molecule has 0 saturated carbocycles. The first-order valence-corrected chi connectivity index (χ1v) is 8.33. The zero-order valence-corrected chi connectivity index (χ0v) is 14.3. The Morgan fingerprint density at radius 1 is 1.12 bits per heavy atom. The quantitative estimate of drug-likeness (QED) is 0.741. The summed E-state index contributed by atoms with van der Waals surface area (Å²) in [6.07, 6.45) is 0.410. The van der Waals surface area contributed by atoms with Crippen LogP contribution in [0.25, 0.3) is 11.5 Å². The number of rotatable bonds is 5.